The van der Waals surface area contributed by atoms with Crippen molar-refractivity contribution in [2.75, 3.05) is 26.4 Å². The topological polar surface area (TPSA) is 178 Å². The van der Waals surface area contributed by atoms with Gasteiger partial charge in [0.25, 0.3) is 0 Å². The van der Waals surface area contributed by atoms with Gasteiger partial charge in [0.2, 0.25) is 0 Å². The Kier molecular flexibility index (Phi) is 44.4. The van der Waals surface area contributed by atoms with Crippen LogP contribution in [0.15, 0.2) is 134 Å². The Bertz CT molecular complexity index is 1760. The maximum absolute atomic E-state index is 12.9. The quantitative estimate of drug-likeness (QED) is 0.0197. The first-order chi connectivity index (χ1) is 35.1. The highest BCUT2D eigenvalue weighted by Gasteiger charge is 2.48. The Morgan fingerprint density at radius 2 is 0.917 bits per heavy atom. The number of esters is 1. The van der Waals surface area contributed by atoms with E-state index in [0.29, 0.717) is 13.0 Å². The largest absolute Gasteiger partial charge is 0.457 e. The van der Waals surface area contributed by atoms with E-state index in [-0.39, 0.29) is 19.6 Å². The van der Waals surface area contributed by atoms with Crippen LogP contribution in [0.25, 0.3) is 0 Å². The van der Waals surface area contributed by atoms with Crippen molar-refractivity contribution >= 4 is 16.4 Å². The molecular formula is C59H94O12S. The van der Waals surface area contributed by atoms with Crippen LogP contribution in [0.2, 0.25) is 0 Å². The van der Waals surface area contributed by atoms with Gasteiger partial charge in [0.1, 0.15) is 30.5 Å². The number of carbonyl (C=O) groups excluding carboxylic acids is 1. The molecule has 0 amide bonds. The molecule has 0 aromatic rings. The van der Waals surface area contributed by atoms with Crippen molar-refractivity contribution < 1.29 is 56.2 Å². The molecule has 0 radical (unpaired) electrons. The summed E-state index contributed by atoms with van der Waals surface area (Å²) in [4.78, 5) is 12.9. The number of aliphatic hydroxyl groups is 3. The average Bonchev–Trinajstić information content (AvgIpc) is 3.36. The van der Waals surface area contributed by atoms with Crippen molar-refractivity contribution in [2.24, 2.45) is 0 Å². The van der Waals surface area contributed by atoms with E-state index in [1.807, 2.05) is 0 Å². The molecule has 0 aliphatic carbocycles. The molecule has 0 saturated carbocycles. The van der Waals surface area contributed by atoms with E-state index in [0.717, 1.165) is 116 Å². The third-order valence-corrected chi connectivity index (χ3v) is 11.7. The van der Waals surface area contributed by atoms with Crippen molar-refractivity contribution in [1.29, 1.82) is 0 Å². The van der Waals surface area contributed by atoms with Crippen LogP contribution in [0.5, 0.6) is 0 Å². The highest BCUT2D eigenvalue weighted by Crippen LogP contribution is 2.26. The van der Waals surface area contributed by atoms with E-state index < -0.39 is 59.8 Å². The van der Waals surface area contributed by atoms with Crippen molar-refractivity contribution in [2.45, 2.75) is 205 Å². The van der Waals surface area contributed by atoms with Crippen molar-refractivity contribution in [3.8, 4) is 0 Å². The number of hydrogen-bond acceptors (Lipinski definition) is 11. The summed E-state index contributed by atoms with van der Waals surface area (Å²) in [6.07, 6.45) is 61.9. The first-order valence-corrected chi connectivity index (χ1v) is 28.3. The fourth-order valence-corrected chi connectivity index (χ4v) is 7.80. The van der Waals surface area contributed by atoms with Crippen LogP contribution < -0.4 is 0 Å². The fraction of sp³-hybridized carbons (Fsp3) is 0.610. The molecule has 0 bridgehead atoms. The minimum absolute atomic E-state index is 0.00197. The van der Waals surface area contributed by atoms with Gasteiger partial charge in [0.05, 0.1) is 19.8 Å². The summed E-state index contributed by atoms with van der Waals surface area (Å²) in [6.45, 7) is 3.67. The van der Waals surface area contributed by atoms with Crippen LogP contribution in [0.4, 0.5) is 0 Å². The van der Waals surface area contributed by atoms with E-state index in [1.165, 1.54) is 25.7 Å². The van der Waals surface area contributed by atoms with Gasteiger partial charge in [-0.3, -0.25) is 9.35 Å². The van der Waals surface area contributed by atoms with Gasteiger partial charge in [0, 0.05) is 13.0 Å². The third kappa shape index (κ3) is 40.7. The SMILES string of the molecule is CC/C=C\C/C=C\C/C=C\C/C=C\C/C=C\C/C=C\CCCCC(=O)OC(COCCCCCCCCCC/C=C\C/C=C\C/C=C\C/C=C\C/C=C\CC)COC1OC(CO)C(O)C(OS(=O)(=O)O)C1O. The lowest BCUT2D eigenvalue weighted by Crippen LogP contribution is -2.60. The van der Waals surface area contributed by atoms with Crippen molar-refractivity contribution in [3.05, 3.63) is 134 Å². The summed E-state index contributed by atoms with van der Waals surface area (Å²) >= 11 is 0. The van der Waals surface area contributed by atoms with Gasteiger partial charge >= 0.3 is 16.4 Å². The van der Waals surface area contributed by atoms with Gasteiger partial charge in [-0.15, -0.1) is 0 Å². The molecule has 408 valence electrons. The molecule has 6 unspecified atom stereocenters. The fourth-order valence-electron chi connectivity index (χ4n) is 7.29. The second-order valence-electron chi connectivity index (χ2n) is 17.7. The van der Waals surface area contributed by atoms with Gasteiger partial charge in [0.15, 0.2) is 6.29 Å². The standard InChI is InChI=1S/C59H94O12S/c1-3-5-7-9-11-13-15-17-19-21-23-25-26-27-29-31-33-35-37-39-41-43-45-47-49-67-51-53(52-68-59-57(63)58(71-72(64,65)66)56(62)54(50-60)70-59)69-55(61)48-46-44-42-40-38-36-34-32-30-28-24-22-20-18-16-14-12-10-8-6-4-2/h5-8,11-14,17-20,23-25,27-29,32,34,38,40,53-54,56-60,62-63H,3-4,9-10,15-16,21-22,26,30-31,33,35-37,39,41-52H2,1-2H3,(H,64,65,66)/b7-5-,8-6-,13-11-,14-12-,19-17-,20-18-,25-23-,28-24-,29-27-,34-32-,40-38-. The number of rotatable bonds is 45. The normalized spacial score (nSPS) is 20.0. The van der Waals surface area contributed by atoms with Crippen LogP contribution in [0.1, 0.15) is 168 Å². The van der Waals surface area contributed by atoms with E-state index >= 15 is 0 Å². The minimum Gasteiger partial charge on any atom is -0.457 e. The molecule has 1 rings (SSSR count). The van der Waals surface area contributed by atoms with E-state index in [2.05, 4.69) is 152 Å². The molecule has 4 N–H and O–H groups in total. The molecule has 1 fully saturated rings. The number of ether oxygens (including phenoxy) is 4. The summed E-state index contributed by atoms with van der Waals surface area (Å²) in [5.74, 6) is -0.450. The van der Waals surface area contributed by atoms with Crippen molar-refractivity contribution in [3.63, 3.8) is 0 Å². The number of aliphatic hydroxyl groups excluding tert-OH is 3. The third-order valence-electron chi connectivity index (χ3n) is 11.3. The van der Waals surface area contributed by atoms with Gasteiger partial charge in [-0.05, 0) is 109 Å². The predicted octanol–water partition coefficient (Wildman–Crippen LogP) is 13.1. The summed E-state index contributed by atoms with van der Waals surface area (Å²) in [7, 11) is -5.08. The summed E-state index contributed by atoms with van der Waals surface area (Å²) < 4.78 is 59.3. The molecule has 1 aliphatic heterocycles. The summed E-state index contributed by atoms with van der Waals surface area (Å²) in [6, 6.07) is 0. The van der Waals surface area contributed by atoms with E-state index in [4.69, 9.17) is 18.9 Å². The molecular weight excluding hydrogens is 933 g/mol. The number of carbonyl (C=O) groups is 1. The zero-order chi connectivity index (χ0) is 52.4. The molecule has 13 heteroatoms. The van der Waals surface area contributed by atoms with Crippen molar-refractivity contribution in [1.82, 2.24) is 0 Å². The average molecular weight is 1030 g/mol. The molecule has 6 atom stereocenters. The monoisotopic (exact) mass is 1030 g/mol. The smallest absolute Gasteiger partial charge is 0.397 e. The van der Waals surface area contributed by atoms with E-state index in [9.17, 15) is 33.1 Å². The lowest BCUT2D eigenvalue weighted by atomic mass is 9.99. The number of hydrogen-bond donors (Lipinski definition) is 4. The first kappa shape index (κ1) is 66.3. The van der Waals surface area contributed by atoms with Gasteiger partial charge in [-0.25, -0.2) is 4.18 Å². The summed E-state index contributed by atoms with van der Waals surface area (Å²) in [5, 5.41) is 30.8. The van der Waals surface area contributed by atoms with Gasteiger partial charge in [-0.2, -0.15) is 8.42 Å². The lowest BCUT2D eigenvalue weighted by Gasteiger charge is -2.41. The Morgan fingerprint density at radius 1 is 0.528 bits per heavy atom. The second kappa shape index (κ2) is 48.2. The highest BCUT2D eigenvalue weighted by atomic mass is 32.3. The molecule has 1 saturated heterocycles. The maximum atomic E-state index is 12.9. The zero-order valence-corrected chi connectivity index (χ0v) is 44.7. The van der Waals surface area contributed by atoms with Crippen LogP contribution in [0, 0.1) is 0 Å². The highest BCUT2D eigenvalue weighted by molar-refractivity contribution is 7.80. The van der Waals surface area contributed by atoms with E-state index in [1.54, 1.807) is 0 Å². The predicted molar refractivity (Wildman–Crippen MR) is 294 cm³/mol. The minimum atomic E-state index is -5.08. The molecule has 0 spiro atoms. The second-order valence-corrected chi connectivity index (χ2v) is 18.7. The molecule has 1 heterocycles. The Balaban J connectivity index is 2.40. The molecule has 1 aliphatic rings. The molecule has 72 heavy (non-hydrogen) atoms. The van der Waals surface area contributed by atoms with Gasteiger partial charge < -0.3 is 34.3 Å². The molecule has 0 aromatic heterocycles. The number of allylic oxidation sites excluding steroid dienone is 22. The van der Waals surface area contributed by atoms with Crippen LogP contribution in [0.3, 0.4) is 0 Å². The Labute approximate surface area is 435 Å². The zero-order valence-electron chi connectivity index (χ0n) is 43.9. The van der Waals surface area contributed by atoms with Crippen LogP contribution in [-0.4, -0.2) is 97.5 Å². The summed E-state index contributed by atoms with van der Waals surface area (Å²) in [5.41, 5.74) is 0. The Morgan fingerprint density at radius 3 is 1.33 bits per heavy atom. The molecule has 12 nitrogen and oxygen atoms in total. The number of unbranched alkanes of at least 4 members (excludes halogenated alkanes) is 10. The molecule has 0 aromatic carbocycles. The van der Waals surface area contributed by atoms with Crippen LogP contribution >= 0.6 is 0 Å². The lowest BCUT2D eigenvalue weighted by molar-refractivity contribution is -0.301. The first-order valence-electron chi connectivity index (χ1n) is 26.9. The Hall–Kier alpha value is -3.76. The van der Waals surface area contributed by atoms with Crippen LogP contribution in [-0.2, 0) is 38.3 Å². The maximum Gasteiger partial charge on any atom is 0.397 e. The van der Waals surface area contributed by atoms with Gasteiger partial charge in [-0.1, -0.05) is 186 Å².